The molecule has 11 heavy (non-hydrogen) atoms. The Morgan fingerprint density at radius 3 is 2.82 bits per heavy atom. The smallest absolute Gasteiger partial charge is 0.0320 e. The SMILES string of the molecule is C=C=C(C)c1cccc(N)c1. The van der Waals surface area contributed by atoms with Gasteiger partial charge in [-0.15, -0.1) is 5.73 Å². The van der Waals surface area contributed by atoms with E-state index in [1.165, 1.54) is 0 Å². The molecule has 0 aromatic heterocycles. The highest BCUT2D eigenvalue weighted by Gasteiger charge is 1.92. The fourth-order valence-corrected chi connectivity index (χ4v) is 0.874. The van der Waals surface area contributed by atoms with Crippen LogP contribution >= 0.6 is 0 Å². The predicted molar refractivity (Wildman–Crippen MR) is 49.1 cm³/mol. The average Bonchev–Trinajstić information content (AvgIpc) is 2.03. The lowest BCUT2D eigenvalue weighted by atomic mass is 10.1. The van der Waals surface area contributed by atoms with E-state index in [2.05, 4.69) is 12.3 Å². The van der Waals surface area contributed by atoms with Gasteiger partial charge in [-0.25, -0.2) is 0 Å². The quantitative estimate of drug-likeness (QED) is 0.476. The molecule has 1 nitrogen and oxygen atoms in total. The molecule has 0 fully saturated rings. The van der Waals surface area contributed by atoms with Gasteiger partial charge in [-0.3, -0.25) is 0 Å². The molecular weight excluding hydrogens is 134 g/mol. The number of nitrogens with two attached hydrogens (primary N) is 1. The van der Waals surface area contributed by atoms with Crippen LogP contribution in [0.3, 0.4) is 0 Å². The van der Waals surface area contributed by atoms with E-state index in [-0.39, 0.29) is 0 Å². The van der Waals surface area contributed by atoms with Gasteiger partial charge in [0.2, 0.25) is 0 Å². The standard InChI is InChI=1S/C10H11N/c1-3-8(2)9-5-4-6-10(11)7-9/h4-7H,1,11H2,2H3. The number of anilines is 1. The molecule has 1 heteroatoms. The van der Waals surface area contributed by atoms with Gasteiger partial charge in [0.05, 0.1) is 0 Å². The Morgan fingerprint density at radius 2 is 2.27 bits per heavy atom. The van der Waals surface area contributed by atoms with E-state index < -0.39 is 0 Å². The minimum Gasteiger partial charge on any atom is -0.399 e. The average molecular weight is 145 g/mol. The molecule has 0 radical (unpaired) electrons. The second-order valence-corrected chi connectivity index (χ2v) is 2.43. The van der Waals surface area contributed by atoms with Crippen LogP contribution in [0.4, 0.5) is 5.69 Å². The summed E-state index contributed by atoms with van der Waals surface area (Å²) in [5, 5.41) is 0. The highest BCUT2D eigenvalue weighted by molar-refractivity contribution is 5.65. The fraction of sp³-hybridized carbons (Fsp3) is 0.100. The first-order chi connectivity index (χ1) is 5.24. The Balaban J connectivity index is 3.15. The van der Waals surface area contributed by atoms with Crippen molar-refractivity contribution < 1.29 is 0 Å². The van der Waals surface area contributed by atoms with Gasteiger partial charge in [0.1, 0.15) is 0 Å². The van der Waals surface area contributed by atoms with E-state index >= 15 is 0 Å². The first-order valence-electron chi connectivity index (χ1n) is 3.46. The van der Waals surface area contributed by atoms with E-state index in [4.69, 9.17) is 5.73 Å². The predicted octanol–water partition coefficient (Wildman–Crippen LogP) is 2.46. The maximum atomic E-state index is 5.59. The van der Waals surface area contributed by atoms with Gasteiger partial charge in [0.15, 0.2) is 0 Å². The van der Waals surface area contributed by atoms with Gasteiger partial charge in [0.25, 0.3) is 0 Å². The number of nitrogen functional groups attached to an aromatic ring is 1. The molecule has 0 heterocycles. The lowest BCUT2D eigenvalue weighted by Gasteiger charge is -1.98. The van der Waals surface area contributed by atoms with Crippen molar-refractivity contribution >= 4 is 11.3 Å². The fourth-order valence-electron chi connectivity index (χ4n) is 0.874. The molecular formula is C10H11N. The van der Waals surface area contributed by atoms with E-state index in [1.54, 1.807) is 0 Å². The van der Waals surface area contributed by atoms with Crippen molar-refractivity contribution in [1.82, 2.24) is 0 Å². The van der Waals surface area contributed by atoms with E-state index in [0.717, 1.165) is 16.8 Å². The van der Waals surface area contributed by atoms with Crippen LogP contribution in [0.5, 0.6) is 0 Å². The normalized spacial score (nSPS) is 8.82. The molecule has 56 valence electrons. The van der Waals surface area contributed by atoms with Crippen molar-refractivity contribution in [2.75, 3.05) is 5.73 Å². The summed E-state index contributed by atoms with van der Waals surface area (Å²) in [5.74, 6) is 0. The van der Waals surface area contributed by atoms with Crippen LogP contribution in [0.1, 0.15) is 12.5 Å². The Bertz CT molecular complexity index is 306. The summed E-state index contributed by atoms with van der Waals surface area (Å²) in [4.78, 5) is 0. The van der Waals surface area contributed by atoms with Crippen molar-refractivity contribution in [2.45, 2.75) is 6.92 Å². The maximum absolute atomic E-state index is 5.59. The van der Waals surface area contributed by atoms with Crippen LogP contribution in [0.25, 0.3) is 5.57 Å². The third kappa shape index (κ3) is 1.73. The summed E-state index contributed by atoms with van der Waals surface area (Å²) in [6.45, 7) is 5.52. The van der Waals surface area contributed by atoms with Crippen molar-refractivity contribution in [1.29, 1.82) is 0 Å². The summed E-state index contributed by atoms with van der Waals surface area (Å²) < 4.78 is 0. The zero-order chi connectivity index (χ0) is 8.27. The molecule has 0 aliphatic carbocycles. The van der Waals surface area contributed by atoms with Crippen molar-refractivity contribution in [3.63, 3.8) is 0 Å². The second-order valence-electron chi connectivity index (χ2n) is 2.43. The van der Waals surface area contributed by atoms with Gasteiger partial charge in [-0.1, -0.05) is 18.7 Å². The lowest BCUT2D eigenvalue weighted by molar-refractivity contribution is 1.57. The molecule has 0 aliphatic heterocycles. The summed E-state index contributed by atoms with van der Waals surface area (Å²) in [6.07, 6.45) is 0. The number of hydrogen-bond acceptors (Lipinski definition) is 1. The molecule has 0 saturated carbocycles. The molecule has 1 aromatic carbocycles. The summed E-state index contributed by atoms with van der Waals surface area (Å²) in [6, 6.07) is 7.68. The minimum absolute atomic E-state index is 0.775. The Hall–Kier alpha value is -1.46. The number of benzene rings is 1. The highest BCUT2D eigenvalue weighted by Crippen LogP contribution is 2.14. The summed E-state index contributed by atoms with van der Waals surface area (Å²) in [5.41, 5.74) is 11.3. The van der Waals surface area contributed by atoms with Gasteiger partial charge >= 0.3 is 0 Å². The number of allylic oxidation sites excluding steroid dienone is 1. The van der Waals surface area contributed by atoms with Gasteiger partial charge < -0.3 is 5.73 Å². The number of hydrogen-bond donors (Lipinski definition) is 1. The van der Waals surface area contributed by atoms with Gasteiger partial charge in [-0.05, 0) is 30.2 Å². The van der Waals surface area contributed by atoms with Crippen LogP contribution in [-0.4, -0.2) is 0 Å². The summed E-state index contributed by atoms with van der Waals surface area (Å²) >= 11 is 0. The lowest BCUT2D eigenvalue weighted by Crippen LogP contribution is -1.85. The first kappa shape index (κ1) is 7.64. The van der Waals surface area contributed by atoms with Crippen molar-refractivity contribution in [3.8, 4) is 0 Å². The van der Waals surface area contributed by atoms with E-state index in [0.29, 0.717) is 0 Å². The molecule has 0 atom stereocenters. The molecule has 0 saturated heterocycles. The molecule has 0 aliphatic rings. The topological polar surface area (TPSA) is 26.0 Å². The monoisotopic (exact) mass is 145 g/mol. The molecule has 2 N–H and O–H groups in total. The third-order valence-corrected chi connectivity index (χ3v) is 1.58. The Morgan fingerprint density at radius 1 is 1.55 bits per heavy atom. The molecule has 0 bridgehead atoms. The maximum Gasteiger partial charge on any atom is 0.0320 e. The van der Waals surface area contributed by atoms with Gasteiger partial charge in [-0.2, -0.15) is 0 Å². The van der Waals surface area contributed by atoms with Crippen LogP contribution in [-0.2, 0) is 0 Å². The Labute approximate surface area is 66.9 Å². The van der Waals surface area contributed by atoms with Crippen LogP contribution in [0.2, 0.25) is 0 Å². The second kappa shape index (κ2) is 3.09. The third-order valence-electron chi connectivity index (χ3n) is 1.58. The largest absolute Gasteiger partial charge is 0.399 e. The minimum atomic E-state index is 0.775. The Kier molecular flexibility index (Phi) is 2.15. The molecule has 0 unspecified atom stereocenters. The number of rotatable bonds is 1. The van der Waals surface area contributed by atoms with E-state index in [9.17, 15) is 0 Å². The highest BCUT2D eigenvalue weighted by atomic mass is 14.5. The molecule has 0 amide bonds. The van der Waals surface area contributed by atoms with Crippen LogP contribution in [0, 0.1) is 0 Å². The van der Waals surface area contributed by atoms with Crippen molar-refractivity contribution in [3.05, 3.63) is 42.1 Å². The zero-order valence-electron chi connectivity index (χ0n) is 6.59. The molecule has 1 rings (SSSR count). The van der Waals surface area contributed by atoms with E-state index in [1.807, 2.05) is 31.2 Å². The van der Waals surface area contributed by atoms with Gasteiger partial charge in [0, 0.05) is 5.69 Å². The first-order valence-corrected chi connectivity index (χ1v) is 3.46. The summed E-state index contributed by atoms with van der Waals surface area (Å²) in [7, 11) is 0. The zero-order valence-corrected chi connectivity index (χ0v) is 6.59. The van der Waals surface area contributed by atoms with Crippen molar-refractivity contribution in [2.24, 2.45) is 0 Å². The molecule has 0 spiro atoms. The van der Waals surface area contributed by atoms with Crippen LogP contribution in [0.15, 0.2) is 36.6 Å². The molecule has 1 aromatic rings. The van der Waals surface area contributed by atoms with Crippen LogP contribution < -0.4 is 5.73 Å².